The number of aromatic hydroxyl groups is 1. The van der Waals surface area contributed by atoms with Gasteiger partial charge in [0.15, 0.2) is 16.7 Å². The van der Waals surface area contributed by atoms with E-state index >= 15 is 0 Å². The monoisotopic (exact) mass is 455 g/mol. The fraction of sp³-hybridized carbons (Fsp3) is 0.136. The second-order valence-electron chi connectivity index (χ2n) is 7.37. The molecule has 11 heteroatoms. The van der Waals surface area contributed by atoms with Crippen molar-refractivity contribution in [1.29, 1.82) is 0 Å². The minimum Gasteiger partial charge on any atom is -0.505 e. The third-order valence-electron chi connectivity index (χ3n) is 5.28. The Morgan fingerprint density at radius 2 is 1.85 bits per heavy atom. The number of alkyl halides is 3. The molecule has 0 unspecified atom stereocenters. The van der Waals surface area contributed by atoms with Crippen molar-refractivity contribution in [1.82, 2.24) is 19.6 Å². The van der Waals surface area contributed by atoms with E-state index in [0.717, 1.165) is 4.52 Å². The third kappa shape index (κ3) is 3.20. The fourth-order valence-corrected chi connectivity index (χ4v) is 3.77. The molecule has 5 rings (SSSR count). The van der Waals surface area contributed by atoms with E-state index in [2.05, 4.69) is 20.4 Å². The van der Waals surface area contributed by atoms with Crippen LogP contribution in [-0.2, 0) is 6.18 Å². The van der Waals surface area contributed by atoms with Gasteiger partial charge in [0.1, 0.15) is 17.0 Å². The molecule has 5 aromatic rings. The molecule has 0 fully saturated rings. The molecule has 3 heterocycles. The van der Waals surface area contributed by atoms with E-state index in [0.29, 0.717) is 5.69 Å². The minimum absolute atomic E-state index is 0.111. The lowest BCUT2D eigenvalue weighted by atomic mass is 10.1. The van der Waals surface area contributed by atoms with Gasteiger partial charge in [-0.05, 0) is 12.5 Å². The van der Waals surface area contributed by atoms with E-state index < -0.39 is 17.4 Å². The topological polar surface area (TPSA) is 108 Å². The summed E-state index contributed by atoms with van der Waals surface area (Å²) in [5, 5.41) is 15.2. The number of oxazole rings is 1. The van der Waals surface area contributed by atoms with Gasteiger partial charge in [-0.1, -0.05) is 30.3 Å². The molecular weight excluding hydrogens is 439 g/mol. The second-order valence-corrected chi connectivity index (χ2v) is 7.37. The number of phenolic OH excluding ortho intramolecular Hbond substituents is 1. The summed E-state index contributed by atoms with van der Waals surface area (Å²) >= 11 is 0. The molecule has 8 nitrogen and oxygen atoms in total. The Bertz CT molecular complexity index is 1580. The van der Waals surface area contributed by atoms with Crippen LogP contribution < -0.4 is 10.9 Å². The Balaban J connectivity index is 1.81. The van der Waals surface area contributed by atoms with Crippen molar-refractivity contribution in [3.8, 4) is 28.3 Å². The molecule has 0 atom stereocenters. The maximum absolute atomic E-state index is 13.8. The van der Waals surface area contributed by atoms with Crippen molar-refractivity contribution in [3.05, 3.63) is 64.2 Å². The van der Waals surface area contributed by atoms with Gasteiger partial charge in [0.05, 0.1) is 11.3 Å². The zero-order valence-electron chi connectivity index (χ0n) is 17.3. The van der Waals surface area contributed by atoms with E-state index in [1.165, 1.54) is 25.1 Å². The fourth-order valence-electron chi connectivity index (χ4n) is 3.77. The van der Waals surface area contributed by atoms with Gasteiger partial charge < -0.3 is 14.8 Å². The third-order valence-corrected chi connectivity index (χ3v) is 5.28. The van der Waals surface area contributed by atoms with Gasteiger partial charge in [-0.25, -0.2) is 9.97 Å². The minimum atomic E-state index is -4.76. The molecule has 0 aliphatic heterocycles. The van der Waals surface area contributed by atoms with Crippen LogP contribution in [0.2, 0.25) is 0 Å². The molecular formula is C22H16F3N5O3. The number of aryl methyl sites for hydroxylation is 1. The van der Waals surface area contributed by atoms with Crippen LogP contribution >= 0.6 is 0 Å². The number of H-pyrrole nitrogens is 1. The molecule has 0 aliphatic carbocycles. The largest absolute Gasteiger partial charge is 0.505 e. The highest BCUT2D eigenvalue weighted by atomic mass is 19.4. The summed E-state index contributed by atoms with van der Waals surface area (Å²) in [4.78, 5) is 21.8. The van der Waals surface area contributed by atoms with E-state index in [1.807, 2.05) is 0 Å². The summed E-state index contributed by atoms with van der Waals surface area (Å²) in [6, 6.07) is 10.9. The first-order valence-electron chi connectivity index (χ1n) is 9.78. The first-order chi connectivity index (χ1) is 15.7. The maximum Gasteiger partial charge on any atom is 0.433 e. The number of hydrogen-bond acceptors (Lipinski definition) is 6. The van der Waals surface area contributed by atoms with Crippen LogP contribution in [0.25, 0.3) is 39.3 Å². The highest BCUT2D eigenvalue weighted by Crippen LogP contribution is 2.39. The molecule has 3 N–H and O–H groups in total. The maximum atomic E-state index is 13.8. The summed E-state index contributed by atoms with van der Waals surface area (Å²) in [5.41, 5.74) is -1.18. The van der Waals surface area contributed by atoms with E-state index in [1.54, 1.807) is 31.3 Å². The lowest BCUT2D eigenvalue weighted by Crippen LogP contribution is -2.19. The number of rotatable bonds is 3. The highest BCUT2D eigenvalue weighted by Gasteiger charge is 2.38. The molecule has 168 valence electrons. The van der Waals surface area contributed by atoms with Crippen LogP contribution in [0.4, 0.5) is 18.9 Å². The zero-order valence-corrected chi connectivity index (χ0v) is 17.3. The standard InChI is InChI=1S/C22H16F3N5O3/c1-10-15(20-28-17-13(31)8-12(26-2)9-14(17)33-20)21(32)30-19(27-10)16(11-6-4-3-5-7-11)18(29-30)22(23,24)25/h3-9,26,29,31H,1-2H3. The molecule has 0 radical (unpaired) electrons. The number of benzene rings is 2. The lowest BCUT2D eigenvalue weighted by molar-refractivity contribution is -0.140. The van der Waals surface area contributed by atoms with Gasteiger partial charge in [-0.2, -0.15) is 17.7 Å². The Morgan fingerprint density at radius 1 is 1.12 bits per heavy atom. The number of halogens is 3. The van der Waals surface area contributed by atoms with Gasteiger partial charge in [0, 0.05) is 24.9 Å². The van der Waals surface area contributed by atoms with E-state index in [-0.39, 0.29) is 50.8 Å². The van der Waals surface area contributed by atoms with Gasteiger partial charge in [0.25, 0.3) is 5.56 Å². The van der Waals surface area contributed by atoms with Crippen LogP contribution in [0.5, 0.6) is 5.75 Å². The van der Waals surface area contributed by atoms with Crippen molar-refractivity contribution in [2.75, 3.05) is 12.4 Å². The molecule has 0 aliphatic rings. The predicted octanol–water partition coefficient (Wildman–Crippen LogP) is 4.57. The van der Waals surface area contributed by atoms with Crippen LogP contribution in [-0.4, -0.2) is 31.7 Å². The Labute approximate surface area is 183 Å². The number of aromatic amines is 1. The van der Waals surface area contributed by atoms with Gasteiger partial charge in [0.2, 0.25) is 5.89 Å². The summed E-state index contributed by atoms with van der Waals surface area (Å²) in [5.74, 6) is -0.341. The van der Waals surface area contributed by atoms with E-state index in [9.17, 15) is 23.1 Å². The summed E-state index contributed by atoms with van der Waals surface area (Å²) in [6.45, 7) is 1.49. The Hall–Kier alpha value is -4.28. The zero-order chi connectivity index (χ0) is 23.5. The van der Waals surface area contributed by atoms with Crippen molar-refractivity contribution >= 4 is 22.4 Å². The van der Waals surface area contributed by atoms with Crippen LogP contribution in [0.3, 0.4) is 0 Å². The first-order valence-corrected chi connectivity index (χ1v) is 9.78. The first kappa shape index (κ1) is 20.6. The number of anilines is 1. The summed E-state index contributed by atoms with van der Waals surface area (Å²) < 4.78 is 47.9. The molecule has 33 heavy (non-hydrogen) atoms. The highest BCUT2D eigenvalue weighted by molar-refractivity contribution is 5.86. The number of hydrogen-bond donors (Lipinski definition) is 3. The normalized spacial score (nSPS) is 12.0. The van der Waals surface area contributed by atoms with Crippen molar-refractivity contribution in [3.63, 3.8) is 0 Å². The summed E-state index contributed by atoms with van der Waals surface area (Å²) in [7, 11) is 1.65. The molecule has 2 aromatic carbocycles. The average molecular weight is 455 g/mol. The Kier molecular flexibility index (Phi) is 4.45. The summed E-state index contributed by atoms with van der Waals surface area (Å²) in [6.07, 6.45) is -4.76. The number of nitrogens with one attached hydrogen (secondary N) is 2. The molecule has 0 saturated heterocycles. The smallest absolute Gasteiger partial charge is 0.433 e. The van der Waals surface area contributed by atoms with Gasteiger partial charge in [-0.3, -0.25) is 9.89 Å². The predicted molar refractivity (Wildman–Crippen MR) is 115 cm³/mol. The Morgan fingerprint density at radius 3 is 2.52 bits per heavy atom. The lowest BCUT2D eigenvalue weighted by Gasteiger charge is -2.07. The molecule has 0 bridgehead atoms. The van der Waals surface area contributed by atoms with Crippen molar-refractivity contribution in [2.24, 2.45) is 0 Å². The van der Waals surface area contributed by atoms with Gasteiger partial charge >= 0.3 is 6.18 Å². The average Bonchev–Trinajstić information content (AvgIpc) is 3.36. The van der Waals surface area contributed by atoms with Crippen LogP contribution in [0.1, 0.15) is 11.4 Å². The van der Waals surface area contributed by atoms with Crippen molar-refractivity contribution in [2.45, 2.75) is 13.1 Å². The van der Waals surface area contributed by atoms with E-state index in [4.69, 9.17) is 4.42 Å². The van der Waals surface area contributed by atoms with Crippen molar-refractivity contribution < 1.29 is 22.7 Å². The van der Waals surface area contributed by atoms with Crippen LogP contribution in [0, 0.1) is 6.92 Å². The molecule has 3 aromatic heterocycles. The number of aromatic nitrogens is 4. The quantitative estimate of drug-likeness (QED) is 0.368. The van der Waals surface area contributed by atoms with Crippen LogP contribution in [0.15, 0.2) is 51.7 Å². The number of phenols is 1. The molecule has 0 spiro atoms. The van der Waals surface area contributed by atoms with Gasteiger partial charge in [-0.15, -0.1) is 0 Å². The SMILES string of the molecule is CNc1cc(O)c2nc(-c3c(C)nc4c(-c5ccccc5)c(C(F)(F)F)[nH]n4c3=O)oc2c1. The second kappa shape index (κ2) is 7.12. The number of fused-ring (bicyclic) bond motifs is 2. The number of nitrogens with zero attached hydrogens (tertiary/aromatic N) is 3. The molecule has 0 amide bonds. The molecule has 0 saturated carbocycles.